The van der Waals surface area contributed by atoms with Crippen molar-refractivity contribution in [3.63, 3.8) is 0 Å². The fraction of sp³-hybridized carbons (Fsp3) is 0.118. The Labute approximate surface area is 145 Å². The van der Waals surface area contributed by atoms with Gasteiger partial charge in [-0.15, -0.1) is 0 Å². The number of phenolic OH excluding ortho intramolecular Hbond substituents is 1. The molecular formula is C17H15N3O4S. The van der Waals surface area contributed by atoms with Crippen molar-refractivity contribution in [2.45, 2.75) is 12.8 Å². The first-order chi connectivity index (χ1) is 11.9. The molecule has 128 valence electrons. The van der Waals surface area contributed by atoms with Gasteiger partial charge in [0.25, 0.3) is 0 Å². The van der Waals surface area contributed by atoms with Gasteiger partial charge in [0.15, 0.2) is 0 Å². The zero-order chi connectivity index (χ0) is 18.0. The molecular weight excluding hydrogens is 342 g/mol. The van der Waals surface area contributed by atoms with Crippen molar-refractivity contribution in [3.05, 3.63) is 71.2 Å². The maximum atomic E-state index is 11.8. The number of anilines is 1. The van der Waals surface area contributed by atoms with Gasteiger partial charge in [0.1, 0.15) is 11.4 Å². The van der Waals surface area contributed by atoms with E-state index in [1.165, 1.54) is 12.1 Å². The zero-order valence-corrected chi connectivity index (χ0v) is 13.9. The first kappa shape index (κ1) is 16.7. The Morgan fingerprint density at radius 1 is 1.04 bits per heavy atom. The third kappa shape index (κ3) is 3.51. The summed E-state index contributed by atoms with van der Waals surface area (Å²) in [6, 6.07) is 14.0. The van der Waals surface area contributed by atoms with Gasteiger partial charge in [0, 0.05) is 0 Å². The van der Waals surface area contributed by atoms with Crippen molar-refractivity contribution in [2.24, 2.45) is 0 Å². The number of hydrogen-bond donors (Lipinski definition) is 3. The van der Waals surface area contributed by atoms with Crippen molar-refractivity contribution in [1.29, 1.82) is 5.26 Å². The summed E-state index contributed by atoms with van der Waals surface area (Å²) in [5, 5.41) is 28.3. The van der Waals surface area contributed by atoms with Gasteiger partial charge >= 0.3 is 10.2 Å². The normalized spacial score (nSPS) is 15.3. The molecule has 25 heavy (non-hydrogen) atoms. The van der Waals surface area contributed by atoms with Gasteiger partial charge in [-0.25, -0.2) is 9.03 Å². The Balaban J connectivity index is 1.75. The minimum absolute atomic E-state index is 0.0543. The Bertz CT molecular complexity index is 976. The van der Waals surface area contributed by atoms with E-state index in [9.17, 15) is 18.6 Å². The topological polar surface area (TPSA) is 114 Å². The molecule has 0 aromatic heterocycles. The summed E-state index contributed by atoms with van der Waals surface area (Å²) in [5.41, 5.74) is 2.55. The standard InChI is InChI=1S/C17H15N3O4S/c18-10-14-5-2-12(3-6-14)1-4-13-7-8-15(16(21)9-13)20-11-17(22)19-25(20,23)24/h2-3,5-9,11,19,21-22H,1,4H2. The lowest BCUT2D eigenvalue weighted by Crippen LogP contribution is -2.29. The van der Waals surface area contributed by atoms with Gasteiger partial charge in [-0.3, -0.25) is 0 Å². The van der Waals surface area contributed by atoms with Crippen LogP contribution in [0.5, 0.6) is 5.75 Å². The summed E-state index contributed by atoms with van der Waals surface area (Å²) in [7, 11) is -3.93. The van der Waals surface area contributed by atoms with Crippen LogP contribution in [-0.4, -0.2) is 18.6 Å². The Hall–Kier alpha value is -3.18. The van der Waals surface area contributed by atoms with Gasteiger partial charge < -0.3 is 10.2 Å². The zero-order valence-electron chi connectivity index (χ0n) is 13.0. The van der Waals surface area contributed by atoms with E-state index in [1.807, 2.05) is 16.9 Å². The fourth-order valence-electron chi connectivity index (χ4n) is 2.53. The second kappa shape index (κ2) is 6.37. The van der Waals surface area contributed by atoms with Crippen LogP contribution < -0.4 is 9.03 Å². The number of nitrogens with zero attached hydrogens (tertiary/aromatic N) is 2. The number of phenols is 1. The number of rotatable bonds is 4. The molecule has 0 saturated heterocycles. The maximum Gasteiger partial charge on any atom is 0.330 e. The van der Waals surface area contributed by atoms with Crippen molar-refractivity contribution >= 4 is 15.9 Å². The monoisotopic (exact) mass is 357 g/mol. The van der Waals surface area contributed by atoms with Crippen LogP contribution in [-0.2, 0) is 23.1 Å². The van der Waals surface area contributed by atoms with E-state index in [2.05, 4.69) is 6.07 Å². The number of nitrogens with one attached hydrogen (secondary N) is 1. The number of aliphatic hydroxyl groups is 1. The van der Waals surface area contributed by atoms with Crippen LogP contribution >= 0.6 is 0 Å². The van der Waals surface area contributed by atoms with E-state index in [-0.39, 0.29) is 11.4 Å². The van der Waals surface area contributed by atoms with Crippen LogP contribution in [0, 0.1) is 11.3 Å². The number of aryl methyl sites for hydroxylation is 2. The number of hydrogen-bond acceptors (Lipinski definition) is 5. The van der Waals surface area contributed by atoms with Gasteiger partial charge in [-0.05, 0) is 48.2 Å². The average molecular weight is 357 g/mol. The quantitative estimate of drug-likeness (QED) is 0.775. The van der Waals surface area contributed by atoms with E-state index in [0.29, 0.717) is 12.0 Å². The predicted octanol–water partition coefficient (Wildman–Crippen LogP) is 2.06. The molecule has 7 nitrogen and oxygen atoms in total. The highest BCUT2D eigenvalue weighted by atomic mass is 32.2. The van der Waals surface area contributed by atoms with Crippen molar-refractivity contribution < 1.29 is 18.6 Å². The van der Waals surface area contributed by atoms with Crippen LogP contribution in [0.4, 0.5) is 5.69 Å². The van der Waals surface area contributed by atoms with E-state index in [0.717, 1.165) is 28.1 Å². The molecule has 0 spiro atoms. The smallest absolute Gasteiger partial charge is 0.330 e. The summed E-state index contributed by atoms with van der Waals surface area (Å²) in [4.78, 5) is 0. The van der Waals surface area contributed by atoms with E-state index in [4.69, 9.17) is 5.26 Å². The molecule has 0 radical (unpaired) electrons. The second-order valence-electron chi connectivity index (χ2n) is 5.55. The molecule has 0 fully saturated rings. The average Bonchev–Trinajstić information content (AvgIpc) is 2.85. The number of nitriles is 1. The van der Waals surface area contributed by atoms with Gasteiger partial charge in [0.2, 0.25) is 5.88 Å². The molecule has 1 aliphatic rings. The minimum Gasteiger partial charge on any atom is -0.506 e. The van der Waals surface area contributed by atoms with Crippen molar-refractivity contribution in [1.82, 2.24) is 4.72 Å². The third-order valence-electron chi connectivity index (χ3n) is 3.79. The van der Waals surface area contributed by atoms with Gasteiger partial charge in [0.05, 0.1) is 17.8 Å². The number of aliphatic hydroxyl groups excluding tert-OH is 1. The molecule has 0 unspecified atom stereocenters. The molecule has 1 heterocycles. The van der Waals surface area contributed by atoms with Crippen LogP contribution in [0.1, 0.15) is 16.7 Å². The fourth-order valence-corrected chi connectivity index (χ4v) is 3.60. The summed E-state index contributed by atoms with van der Waals surface area (Å²) < 4.78 is 26.4. The highest BCUT2D eigenvalue weighted by Crippen LogP contribution is 2.32. The molecule has 2 aromatic rings. The van der Waals surface area contributed by atoms with E-state index >= 15 is 0 Å². The first-order valence-corrected chi connectivity index (χ1v) is 8.87. The lowest BCUT2D eigenvalue weighted by atomic mass is 10.0. The molecule has 0 saturated carbocycles. The number of aromatic hydroxyl groups is 1. The van der Waals surface area contributed by atoms with Gasteiger partial charge in [-0.2, -0.15) is 13.7 Å². The minimum atomic E-state index is -3.93. The van der Waals surface area contributed by atoms with Crippen LogP contribution in [0.25, 0.3) is 0 Å². The lowest BCUT2D eigenvalue weighted by molar-refractivity contribution is 0.392. The molecule has 0 aliphatic carbocycles. The first-order valence-electron chi connectivity index (χ1n) is 7.43. The Morgan fingerprint density at radius 3 is 2.24 bits per heavy atom. The molecule has 1 aliphatic heterocycles. The Kier molecular flexibility index (Phi) is 4.25. The van der Waals surface area contributed by atoms with Crippen LogP contribution in [0.15, 0.2) is 54.5 Å². The molecule has 0 bridgehead atoms. The third-order valence-corrected chi connectivity index (χ3v) is 5.08. The highest BCUT2D eigenvalue weighted by molar-refractivity contribution is 7.91. The maximum absolute atomic E-state index is 11.8. The molecule has 3 rings (SSSR count). The largest absolute Gasteiger partial charge is 0.506 e. The molecule has 2 aromatic carbocycles. The predicted molar refractivity (Wildman–Crippen MR) is 91.9 cm³/mol. The summed E-state index contributed by atoms with van der Waals surface area (Å²) in [5.74, 6) is -0.710. The highest BCUT2D eigenvalue weighted by Gasteiger charge is 2.30. The summed E-state index contributed by atoms with van der Waals surface area (Å²) in [6.07, 6.45) is 2.35. The molecule has 8 heteroatoms. The molecule has 0 amide bonds. The molecule has 0 atom stereocenters. The lowest BCUT2D eigenvalue weighted by Gasteiger charge is -2.16. The number of benzene rings is 2. The second-order valence-corrected chi connectivity index (χ2v) is 7.10. The summed E-state index contributed by atoms with van der Waals surface area (Å²) >= 11 is 0. The van der Waals surface area contributed by atoms with Crippen molar-refractivity contribution in [3.8, 4) is 11.8 Å². The summed E-state index contributed by atoms with van der Waals surface area (Å²) in [6.45, 7) is 0. The Morgan fingerprint density at radius 2 is 1.68 bits per heavy atom. The van der Waals surface area contributed by atoms with Crippen molar-refractivity contribution in [2.75, 3.05) is 4.31 Å². The van der Waals surface area contributed by atoms with E-state index < -0.39 is 16.1 Å². The van der Waals surface area contributed by atoms with Gasteiger partial charge in [-0.1, -0.05) is 18.2 Å². The van der Waals surface area contributed by atoms with Crippen LogP contribution in [0.2, 0.25) is 0 Å². The van der Waals surface area contributed by atoms with E-state index in [1.54, 1.807) is 18.2 Å². The van der Waals surface area contributed by atoms with Crippen LogP contribution in [0.3, 0.4) is 0 Å². The SMILES string of the molecule is N#Cc1ccc(CCc2ccc(N3C=C(O)NS3(=O)=O)c(O)c2)cc1. The molecule has 3 N–H and O–H groups in total.